The summed E-state index contributed by atoms with van der Waals surface area (Å²) in [6, 6.07) is 6.82. The third kappa shape index (κ3) is 3.00. The number of nitrogens with one attached hydrogen (secondary N) is 1. The van der Waals surface area contributed by atoms with Crippen LogP contribution in [0.4, 0.5) is 10.5 Å². The zero-order valence-electron chi connectivity index (χ0n) is 8.96. The van der Waals surface area contributed by atoms with Gasteiger partial charge in [-0.25, -0.2) is 4.79 Å². The van der Waals surface area contributed by atoms with Gasteiger partial charge in [-0.1, -0.05) is 18.2 Å². The van der Waals surface area contributed by atoms with Crippen LogP contribution in [0.5, 0.6) is 0 Å². The van der Waals surface area contributed by atoms with Gasteiger partial charge in [-0.15, -0.1) is 0 Å². The molecule has 0 saturated heterocycles. The van der Waals surface area contributed by atoms with Crippen LogP contribution in [-0.2, 0) is 0 Å². The van der Waals surface area contributed by atoms with Crippen LogP contribution in [-0.4, -0.2) is 31.8 Å². The van der Waals surface area contributed by atoms with Gasteiger partial charge in [0.2, 0.25) is 0 Å². The number of hydrogen-bond acceptors (Lipinski definition) is 3. The van der Waals surface area contributed by atoms with Gasteiger partial charge >= 0.3 is 6.09 Å². The van der Waals surface area contributed by atoms with E-state index >= 15 is 0 Å². The molecule has 0 bridgehead atoms. The second-order valence-electron chi connectivity index (χ2n) is 3.85. The predicted molar refractivity (Wildman–Crippen MR) is 68.6 cm³/mol. The molecule has 1 heterocycles. The van der Waals surface area contributed by atoms with Crippen LogP contribution in [0.1, 0.15) is 5.56 Å². The standard InChI is InChI=1S/C11H13NO4S/c13-11(14)12-10-3-1-8(2-4-10)9-5-6-17(15,16)7-9/h1-5,12,15-16H,6-7H2,(H,13,14). The first-order valence-corrected chi connectivity index (χ1v) is 6.88. The quantitative estimate of drug-likeness (QED) is 0.654. The Kier molecular flexibility index (Phi) is 3.10. The van der Waals surface area contributed by atoms with Crippen LogP contribution in [0.2, 0.25) is 0 Å². The van der Waals surface area contributed by atoms with E-state index in [1.807, 2.05) is 6.08 Å². The summed E-state index contributed by atoms with van der Waals surface area (Å²) in [7, 11) is -2.48. The van der Waals surface area contributed by atoms with Crippen LogP contribution in [0.15, 0.2) is 30.3 Å². The van der Waals surface area contributed by atoms with Crippen LogP contribution in [0.25, 0.3) is 5.57 Å². The molecule has 1 aromatic rings. The summed E-state index contributed by atoms with van der Waals surface area (Å²) in [6.07, 6.45) is 0.710. The van der Waals surface area contributed by atoms with E-state index in [1.54, 1.807) is 24.3 Å². The Morgan fingerprint density at radius 2 is 1.88 bits per heavy atom. The van der Waals surface area contributed by atoms with Crippen molar-refractivity contribution in [3.05, 3.63) is 35.9 Å². The molecule has 17 heavy (non-hydrogen) atoms. The Hall–Kier alpha value is -1.50. The molecule has 0 saturated carbocycles. The number of rotatable bonds is 2. The molecular weight excluding hydrogens is 242 g/mol. The fraction of sp³-hybridized carbons (Fsp3) is 0.182. The lowest BCUT2D eigenvalue weighted by molar-refractivity contribution is 0.209. The molecule has 0 aliphatic carbocycles. The van der Waals surface area contributed by atoms with Crippen molar-refractivity contribution >= 4 is 27.9 Å². The molecule has 1 aliphatic heterocycles. The van der Waals surface area contributed by atoms with Crippen molar-refractivity contribution in [2.45, 2.75) is 0 Å². The van der Waals surface area contributed by atoms with Gasteiger partial charge in [-0.05, 0) is 23.3 Å². The normalized spacial score (nSPS) is 19.5. The molecule has 0 fully saturated rings. The number of benzene rings is 1. The molecule has 0 unspecified atom stereocenters. The smallest absolute Gasteiger partial charge is 0.409 e. The van der Waals surface area contributed by atoms with Crippen LogP contribution >= 0.6 is 10.6 Å². The summed E-state index contributed by atoms with van der Waals surface area (Å²) in [5, 5.41) is 10.8. The number of anilines is 1. The van der Waals surface area contributed by atoms with E-state index in [0.717, 1.165) is 11.1 Å². The van der Waals surface area contributed by atoms with Gasteiger partial charge in [0.25, 0.3) is 0 Å². The minimum absolute atomic E-state index is 0.276. The van der Waals surface area contributed by atoms with E-state index in [2.05, 4.69) is 5.32 Å². The van der Waals surface area contributed by atoms with Crippen LogP contribution < -0.4 is 5.32 Å². The minimum Gasteiger partial charge on any atom is -0.465 e. The lowest BCUT2D eigenvalue weighted by atomic mass is 10.1. The predicted octanol–water partition coefficient (Wildman–Crippen LogP) is 2.92. The fourth-order valence-corrected chi connectivity index (χ4v) is 3.06. The highest BCUT2D eigenvalue weighted by molar-refractivity contribution is 8.25. The summed E-state index contributed by atoms with van der Waals surface area (Å²) < 4.78 is 19.0. The van der Waals surface area contributed by atoms with Crippen molar-refractivity contribution in [3.63, 3.8) is 0 Å². The van der Waals surface area contributed by atoms with Gasteiger partial charge in [-0.3, -0.25) is 14.4 Å². The van der Waals surface area contributed by atoms with E-state index in [9.17, 15) is 13.9 Å². The first-order chi connectivity index (χ1) is 7.96. The molecule has 0 atom stereocenters. The third-order valence-corrected chi connectivity index (χ3v) is 3.96. The van der Waals surface area contributed by atoms with Crippen molar-refractivity contribution in [2.75, 3.05) is 16.8 Å². The second-order valence-corrected chi connectivity index (χ2v) is 6.08. The highest BCUT2D eigenvalue weighted by Crippen LogP contribution is 2.47. The number of amides is 1. The number of carboxylic acid groups (broad SMARTS) is 1. The van der Waals surface area contributed by atoms with Gasteiger partial charge in [0.15, 0.2) is 0 Å². The van der Waals surface area contributed by atoms with Crippen molar-refractivity contribution in [1.82, 2.24) is 0 Å². The number of carbonyl (C=O) groups is 1. The Balaban J connectivity index is 2.11. The first-order valence-electron chi connectivity index (χ1n) is 4.99. The SMILES string of the molecule is O=C(O)Nc1ccc(C2=CCS(O)(O)C2)cc1. The minimum atomic E-state index is -2.48. The maximum atomic E-state index is 10.4. The van der Waals surface area contributed by atoms with Gasteiger partial charge in [-0.2, -0.15) is 10.6 Å². The van der Waals surface area contributed by atoms with E-state index in [0.29, 0.717) is 11.4 Å². The van der Waals surface area contributed by atoms with E-state index in [1.165, 1.54) is 0 Å². The van der Waals surface area contributed by atoms with Crippen molar-refractivity contribution in [3.8, 4) is 0 Å². The lowest BCUT2D eigenvalue weighted by Gasteiger charge is -2.26. The molecule has 1 aromatic carbocycles. The molecule has 1 amide bonds. The van der Waals surface area contributed by atoms with Gasteiger partial charge in [0.1, 0.15) is 0 Å². The average molecular weight is 255 g/mol. The van der Waals surface area contributed by atoms with Crippen molar-refractivity contribution in [1.29, 1.82) is 0 Å². The van der Waals surface area contributed by atoms with E-state index in [4.69, 9.17) is 5.11 Å². The third-order valence-electron chi connectivity index (χ3n) is 2.49. The lowest BCUT2D eigenvalue weighted by Crippen LogP contribution is -2.06. The Morgan fingerprint density at radius 3 is 2.35 bits per heavy atom. The molecule has 2 rings (SSSR count). The van der Waals surface area contributed by atoms with Crippen LogP contribution in [0, 0.1) is 0 Å². The molecule has 0 aromatic heterocycles. The molecule has 1 aliphatic rings. The molecule has 4 N–H and O–H groups in total. The summed E-state index contributed by atoms with van der Waals surface area (Å²) in [5.41, 5.74) is 2.27. The van der Waals surface area contributed by atoms with Gasteiger partial charge in [0.05, 0.1) is 11.5 Å². The second kappa shape index (κ2) is 4.40. The van der Waals surface area contributed by atoms with Crippen molar-refractivity contribution in [2.24, 2.45) is 0 Å². The zero-order valence-corrected chi connectivity index (χ0v) is 9.78. The maximum Gasteiger partial charge on any atom is 0.409 e. The van der Waals surface area contributed by atoms with E-state index < -0.39 is 16.7 Å². The maximum absolute atomic E-state index is 10.4. The Morgan fingerprint density at radius 1 is 1.24 bits per heavy atom. The highest BCUT2D eigenvalue weighted by atomic mass is 32.3. The van der Waals surface area contributed by atoms with Crippen molar-refractivity contribution < 1.29 is 19.0 Å². The largest absolute Gasteiger partial charge is 0.465 e. The topological polar surface area (TPSA) is 89.8 Å². The molecule has 0 spiro atoms. The molecule has 92 valence electrons. The number of hydrogen-bond donors (Lipinski definition) is 4. The summed E-state index contributed by atoms with van der Waals surface area (Å²) in [6.45, 7) is 0. The zero-order chi connectivity index (χ0) is 12.5. The molecule has 6 heteroatoms. The Labute approximate surface area is 100 Å². The summed E-state index contributed by atoms with van der Waals surface area (Å²) in [5.74, 6) is 0.580. The van der Waals surface area contributed by atoms with E-state index in [-0.39, 0.29) is 5.75 Å². The summed E-state index contributed by atoms with van der Waals surface area (Å²) in [4.78, 5) is 10.4. The van der Waals surface area contributed by atoms with Gasteiger partial charge in [0, 0.05) is 5.69 Å². The monoisotopic (exact) mass is 255 g/mol. The first kappa shape index (κ1) is 12.0. The Bertz CT molecular complexity index is 467. The average Bonchev–Trinajstić information content (AvgIpc) is 2.59. The molecular formula is C11H13NO4S. The summed E-state index contributed by atoms with van der Waals surface area (Å²) >= 11 is 0. The van der Waals surface area contributed by atoms with Crippen LogP contribution in [0.3, 0.4) is 0 Å². The fourth-order valence-electron chi connectivity index (χ4n) is 1.69. The molecule has 0 radical (unpaired) electrons. The molecule has 5 nitrogen and oxygen atoms in total. The highest BCUT2D eigenvalue weighted by Gasteiger charge is 2.21. The van der Waals surface area contributed by atoms with Gasteiger partial charge < -0.3 is 5.11 Å².